The van der Waals surface area contributed by atoms with E-state index in [9.17, 15) is 0 Å². The van der Waals surface area contributed by atoms with Crippen molar-refractivity contribution in [1.82, 2.24) is 0 Å². The van der Waals surface area contributed by atoms with E-state index in [1.54, 1.807) is 0 Å². The number of rotatable bonds is 4. The number of halogens is 1. The van der Waals surface area contributed by atoms with Crippen LogP contribution in [0.15, 0.2) is 23.1 Å². The van der Waals surface area contributed by atoms with Crippen LogP contribution >= 0.6 is 23.4 Å². The van der Waals surface area contributed by atoms with Crippen molar-refractivity contribution in [3.8, 4) is 0 Å². The number of benzene rings is 1. The molecule has 0 saturated heterocycles. The first kappa shape index (κ1) is 12.3. The van der Waals surface area contributed by atoms with Gasteiger partial charge in [0.2, 0.25) is 0 Å². The molecule has 16 heavy (non-hydrogen) atoms. The van der Waals surface area contributed by atoms with E-state index in [0.717, 1.165) is 16.7 Å². The molecule has 0 amide bonds. The Bertz CT molecular complexity index is 348. The maximum Gasteiger partial charge on any atom is 0.0417 e. The zero-order chi connectivity index (χ0) is 11.4. The Kier molecular flexibility index (Phi) is 4.56. The highest BCUT2D eigenvalue weighted by Gasteiger charge is 2.17. The fraction of sp³-hybridized carbons (Fsp3) is 0.538. The van der Waals surface area contributed by atoms with Crippen LogP contribution in [0.4, 0.5) is 0 Å². The van der Waals surface area contributed by atoms with Crippen molar-refractivity contribution in [3.05, 3.63) is 28.8 Å². The van der Waals surface area contributed by atoms with Gasteiger partial charge in [-0.15, -0.1) is 11.8 Å². The lowest BCUT2D eigenvalue weighted by Crippen LogP contribution is -2.04. The van der Waals surface area contributed by atoms with Crippen LogP contribution in [0.1, 0.15) is 31.2 Å². The van der Waals surface area contributed by atoms with E-state index >= 15 is 0 Å². The summed E-state index contributed by atoms with van der Waals surface area (Å²) in [6.45, 7) is 0.708. The van der Waals surface area contributed by atoms with Gasteiger partial charge in [0, 0.05) is 15.2 Å². The highest BCUT2D eigenvalue weighted by atomic mass is 35.5. The van der Waals surface area contributed by atoms with Gasteiger partial charge in [0.1, 0.15) is 0 Å². The van der Waals surface area contributed by atoms with Crippen molar-refractivity contribution in [3.63, 3.8) is 0 Å². The Hall–Kier alpha value is -0.180. The van der Waals surface area contributed by atoms with Gasteiger partial charge < -0.3 is 5.73 Å². The van der Waals surface area contributed by atoms with Crippen LogP contribution in [0.3, 0.4) is 0 Å². The van der Waals surface area contributed by atoms with Crippen molar-refractivity contribution in [2.24, 2.45) is 5.73 Å². The van der Waals surface area contributed by atoms with Gasteiger partial charge in [-0.2, -0.15) is 0 Å². The molecule has 2 rings (SSSR count). The summed E-state index contributed by atoms with van der Waals surface area (Å²) in [5, 5.41) is 1.62. The lowest BCUT2D eigenvalue weighted by Gasteiger charge is -2.13. The number of thioether (sulfide) groups is 1. The summed E-state index contributed by atoms with van der Waals surface area (Å²) < 4.78 is 0. The first-order valence-corrected chi connectivity index (χ1v) is 7.20. The van der Waals surface area contributed by atoms with Gasteiger partial charge in [-0.25, -0.2) is 0 Å². The van der Waals surface area contributed by atoms with Gasteiger partial charge >= 0.3 is 0 Å². The standard InChI is InChI=1S/C13H18ClNS/c14-11-6-5-10(7-8-15)13(9-11)16-12-3-1-2-4-12/h5-6,9,12H,1-4,7-8,15H2. The van der Waals surface area contributed by atoms with Gasteiger partial charge in [0.15, 0.2) is 0 Å². The fourth-order valence-electron chi connectivity index (χ4n) is 2.19. The van der Waals surface area contributed by atoms with Crippen molar-refractivity contribution >= 4 is 23.4 Å². The summed E-state index contributed by atoms with van der Waals surface area (Å²) >= 11 is 8.05. The SMILES string of the molecule is NCCc1ccc(Cl)cc1SC1CCCC1. The molecule has 1 aromatic carbocycles. The van der Waals surface area contributed by atoms with Crippen LogP contribution in [0.5, 0.6) is 0 Å². The molecule has 1 aromatic rings. The largest absolute Gasteiger partial charge is 0.330 e. The molecular weight excluding hydrogens is 238 g/mol. The third kappa shape index (κ3) is 3.16. The maximum absolute atomic E-state index is 6.06. The number of hydrogen-bond acceptors (Lipinski definition) is 2. The van der Waals surface area contributed by atoms with Crippen LogP contribution < -0.4 is 5.73 Å². The Labute approximate surface area is 107 Å². The normalized spacial score (nSPS) is 16.9. The van der Waals surface area contributed by atoms with E-state index in [2.05, 4.69) is 12.1 Å². The van der Waals surface area contributed by atoms with E-state index < -0.39 is 0 Å². The van der Waals surface area contributed by atoms with Crippen molar-refractivity contribution in [2.75, 3.05) is 6.54 Å². The van der Waals surface area contributed by atoms with Crippen molar-refractivity contribution in [2.45, 2.75) is 42.2 Å². The van der Waals surface area contributed by atoms with E-state index in [-0.39, 0.29) is 0 Å². The minimum atomic E-state index is 0.708. The zero-order valence-electron chi connectivity index (χ0n) is 9.42. The lowest BCUT2D eigenvalue weighted by atomic mass is 10.1. The van der Waals surface area contributed by atoms with E-state index in [1.165, 1.54) is 36.1 Å². The van der Waals surface area contributed by atoms with E-state index in [0.29, 0.717) is 6.54 Å². The quantitative estimate of drug-likeness (QED) is 0.884. The van der Waals surface area contributed by atoms with Gasteiger partial charge in [-0.05, 0) is 43.5 Å². The lowest BCUT2D eigenvalue weighted by molar-refractivity contribution is 0.886. The minimum absolute atomic E-state index is 0.708. The summed E-state index contributed by atoms with van der Waals surface area (Å²) in [5.74, 6) is 0. The first-order chi connectivity index (χ1) is 7.79. The summed E-state index contributed by atoms with van der Waals surface area (Å²) in [6, 6.07) is 6.17. The van der Waals surface area contributed by atoms with Crippen molar-refractivity contribution < 1.29 is 0 Å². The van der Waals surface area contributed by atoms with E-state index in [4.69, 9.17) is 17.3 Å². The van der Waals surface area contributed by atoms with Crippen LogP contribution in [-0.2, 0) is 6.42 Å². The third-order valence-electron chi connectivity index (χ3n) is 3.04. The Morgan fingerprint density at radius 2 is 2.06 bits per heavy atom. The van der Waals surface area contributed by atoms with Gasteiger partial charge in [-0.3, -0.25) is 0 Å². The number of nitrogens with two attached hydrogens (primary N) is 1. The molecule has 0 bridgehead atoms. The molecule has 88 valence electrons. The predicted molar refractivity (Wildman–Crippen MR) is 72.3 cm³/mol. The highest BCUT2D eigenvalue weighted by molar-refractivity contribution is 8.00. The van der Waals surface area contributed by atoms with Gasteiger partial charge in [-0.1, -0.05) is 30.5 Å². The Morgan fingerprint density at radius 1 is 1.31 bits per heavy atom. The van der Waals surface area contributed by atoms with Crippen molar-refractivity contribution in [1.29, 1.82) is 0 Å². The molecule has 0 unspecified atom stereocenters. The molecule has 1 aliphatic rings. The molecule has 0 radical (unpaired) electrons. The topological polar surface area (TPSA) is 26.0 Å². The van der Waals surface area contributed by atoms with Gasteiger partial charge in [0.05, 0.1) is 0 Å². The maximum atomic E-state index is 6.06. The molecule has 0 aromatic heterocycles. The molecular formula is C13H18ClNS. The Morgan fingerprint density at radius 3 is 2.75 bits per heavy atom. The van der Waals surface area contributed by atoms with Crippen LogP contribution in [0, 0.1) is 0 Å². The molecule has 3 heteroatoms. The van der Waals surface area contributed by atoms with Crippen LogP contribution in [0.2, 0.25) is 5.02 Å². The molecule has 0 heterocycles. The van der Waals surface area contributed by atoms with E-state index in [1.807, 2.05) is 17.8 Å². The average Bonchev–Trinajstić information content (AvgIpc) is 2.75. The highest BCUT2D eigenvalue weighted by Crippen LogP contribution is 2.37. The second-order valence-electron chi connectivity index (χ2n) is 4.32. The predicted octanol–water partition coefficient (Wildman–Crippen LogP) is 3.88. The fourth-order valence-corrected chi connectivity index (χ4v) is 3.87. The van der Waals surface area contributed by atoms with Crippen LogP contribution in [-0.4, -0.2) is 11.8 Å². The molecule has 2 N–H and O–H groups in total. The summed E-state index contributed by atoms with van der Waals surface area (Å²) in [5.41, 5.74) is 6.98. The molecule has 1 nitrogen and oxygen atoms in total. The smallest absolute Gasteiger partial charge is 0.0417 e. The Balaban J connectivity index is 2.12. The first-order valence-electron chi connectivity index (χ1n) is 5.95. The summed E-state index contributed by atoms with van der Waals surface area (Å²) in [7, 11) is 0. The molecule has 0 aliphatic heterocycles. The second kappa shape index (κ2) is 5.95. The number of hydrogen-bond donors (Lipinski definition) is 1. The van der Waals surface area contributed by atoms with Gasteiger partial charge in [0.25, 0.3) is 0 Å². The second-order valence-corrected chi connectivity index (χ2v) is 6.09. The molecule has 1 aliphatic carbocycles. The molecule has 1 saturated carbocycles. The minimum Gasteiger partial charge on any atom is -0.330 e. The zero-order valence-corrected chi connectivity index (χ0v) is 11.0. The monoisotopic (exact) mass is 255 g/mol. The molecule has 0 spiro atoms. The third-order valence-corrected chi connectivity index (χ3v) is 4.71. The molecule has 0 atom stereocenters. The molecule has 1 fully saturated rings. The average molecular weight is 256 g/mol. The summed E-state index contributed by atoms with van der Waals surface area (Å²) in [4.78, 5) is 1.34. The summed E-state index contributed by atoms with van der Waals surface area (Å²) in [6.07, 6.45) is 6.40. The van der Waals surface area contributed by atoms with Crippen LogP contribution in [0.25, 0.3) is 0 Å².